The van der Waals surface area contributed by atoms with Crippen molar-refractivity contribution in [2.45, 2.75) is 6.92 Å². The molecule has 2 rings (SSSR count). The van der Waals surface area contributed by atoms with Crippen LogP contribution in [0.2, 0.25) is 0 Å². The minimum absolute atomic E-state index is 0.110. The molecule has 0 saturated carbocycles. The number of aromatic hydroxyl groups is 1. The van der Waals surface area contributed by atoms with E-state index in [-0.39, 0.29) is 18.2 Å². The molecule has 6 heteroatoms. The van der Waals surface area contributed by atoms with Crippen LogP contribution in [0.1, 0.15) is 11.1 Å². The van der Waals surface area contributed by atoms with E-state index < -0.39 is 0 Å². The lowest BCUT2D eigenvalue weighted by atomic mass is 10.1. The highest BCUT2D eigenvalue weighted by molar-refractivity contribution is 9.10. The number of aryl methyl sites for hydroxylation is 1. The van der Waals surface area contributed by atoms with Crippen molar-refractivity contribution in [2.24, 2.45) is 5.10 Å². The topological polar surface area (TPSA) is 73.7 Å². The van der Waals surface area contributed by atoms with Crippen LogP contribution in [0.5, 0.6) is 5.75 Å². The number of rotatable bonds is 5. The SMILES string of the molecule is Cc1ccc(O)c(/C=N\NC(=O)CNc2ccc(Br)cc2)c1. The second-order valence-corrected chi connectivity index (χ2v) is 5.63. The van der Waals surface area contributed by atoms with E-state index in [0.29, 0.717) is 5.56 Å². The van der Waals surface area contributed by atoms with Crippen molar-refractivity contribution in [3.63, 3.8) is 0 Å². The van der Waals surface area contributed by atoms with Crippen LogP contribution in [0.15, 0.2) is 52.0 Å². The van der Waals surface area contributed by atoms with Crippen molar-refractivity contribution < 1.29 is 9.90 Å². The maximum Gasteiger partial charge on any atom is 0.259 e. The summed E-state index contributed by atoms with van der Waals surface area (Å²) in [6, 6.07) is 12.7. The van der Waals surface area contributed by atoms with Crippen LogP contribution in [-0.4, -0.2) is 23.8 Å². The maximum atomic E-state index is 11.7. The number of carbonyl (C=O) groups excluding carboxylic acids is 1. The highest BCUT2D eigenvalue weighted by Gasteiger charge is 2.01. The van der Waals surface area contributed by atoms with Gasteiger partial charge in [0, 0.05) is 15.7 Å². The molecule has 0 aliphatic heterocycles. The van der Waals surface area contributed by atoms with Crippen molar-refractivity contribution >= 4 is 33.7 Å². The third kappa shape index (κ3) is 4.89. The van der Waals surface area contributed by atoms with Crippen LogP contribution in [0, 0.1) is 6.92 Å². The first-order valence-electron chi connectivity index (χ1n) is 6.65. The van der Waals surface area contributed by atoms with E-state index in [1.54, 1.807) is 18.2 Å². The first-order chi connectivity index (χ1) is 10.5. The Morgan fingerprint density at radius 2 is 2.00 bits per heavy atom. The van der Waals surface area contributed by atoms with Crippen molar-refractivity contribution in [3.05, 3.63) is 58.1 Å². The summed E-state index contributed by atoms with van der Waals surface area (Å²) in [4.78, 5) is 11.7. The van der Waals surface area contributed by atoms with Gasteiger partial charge in [0.2, 0.25) is 0 Å². The lowest BCUT2D eigenvalue weighted by Crippen LogP contribution is -2.25. The Morgan fingerprint density at radius 1 is 1.27 bits per heavy atom. The summed E-state index contributed by atoms with van der Waals surface area (Å²) in [5.74, 6) is -0.150. The summed E-state index contributed by atoms with van der Waals surface area (Å²) in [6.45, 7) is 2.02. The normalized spacial score (nSPS) is 10.6. The summed E-state index contributed by atoms with van der Waals surface area (Å²) in [7, 11) is 0. The van der Waals surface area contributed by atoms with Crippen LogP contribution >= 0.6 is 15.9 Å². The second kappa shape index (κ2) is 7.61. The summed E-state index contributed by atoms with van der Waals surface area (Å²) in [5, 5.41) is 16.5. The number of hydrogen-bond acceptors (Lipinski definition) is 4. The van der Waals surface area contributed by atoms with Gasteiger partial charge >= 0.3 is 0 Å². The fourth-order valence-electron chi connectivity index (χ4n) is 1.74. The molecule has 2 aromatic rings. The molecule has 5 nitrogen and oxygen atoms in total. The number of hydrogen-bond donors (Lipinski definition) is 3. The highest BCUT2D eigenvalue weighted by atomic mass is 79.9. The van der Waals surface area contributed by atoms with Crippen LogP contribution < -0.4 is 10.7 Å². The molecule has 1 amide bonds. The molecule has 0 heterocycles. The molecule has 0 spiro atoms. The molecule has 0 aromatic heterocycles. The van der Waals surface area contributed by atoms with Gasteiger partial charge in [0.05, 0.1) is 12.8 Å². The summed E-state index contributed by atoms with van der Waals surface area (Å²) in [5.41, 5.74) is 4.81. The maximum absolute atomic E-state index is 11.7. The summed E-state index contributed by atoms with van der Waals surface area (Å²) < 4.78 is 0.977. The van der Waals surface area contributed by atoms with E-state index in [1.165, 1.54) is 6.21 Å². The van der Waals surface area contributed by atoms with Gasteiger partial charge in [-0.1, -0.05) is 27.6 Å². The number of amides is 1. The number of nitrogens with one attached hydrogen (secondary N) is 2. The standard InChI is InChI=1S/C16H16BrN3O2/c1-11-2-7-15(21)12(8-11)9-19-20-16(22)10-18-14-5-3-13(17)4-6-14/h2-9,18,21H,10H2,1H3,(H,20,22)/b19-9-. The molecule has 22 heavy (non-hydrogen) atoms. The molecule has 0 aliphatic carbocycles. The predicted octanol–water partition coefficient (Wildman–Crippen LogP) is 3.03. The lowest BCUT2D eigenvalue weighted by molar-refractivity contribution is -0.119. The third-order valence-corrected chi connectivity index (χ3v) is 3.40. The third-order valence-electron chi connectivity index (χ3n) is 2.87. The zero-order chi connectivity index (χ0) is 15.9. The number of hydrazone groups is 1. The summed E-state index contributed by atoms with van der Waals surface area (Å²) >= 11 is 3.35. The van der Waals surface area contributed by atoms with Gasteiger partial charge in [0.1, 0.15) is 5.75 Å². The monoisotopic (exact) mass is 361 g/mol. The van der Waals surface area contributed by atoms with E-state index in [9.17, 15) is 9.90 Å². The number of carbonyl (C=O) groups is 1. The second-order valence-electron chi connectivity index (χ2n) is 4.72. The molecule has 0 bridgehead atoms. The highest BCUT2D eigenvalue weighted by Crippen LogP contribution is 2.15. The number of phenols is 1. The van der Waals surface area contributed by atoms with Gasteiger partial charge in [-0.05, 0) is 43.3 Å². The Labute approximate surface area is 137 Å². The molecular formula is C16H16BrN3O2. The minimum Gasteiger partial charge on any atom is -0.507 e. The molecule has 3 N–H and O–H groups in total. The Hall–Kier alpha value is -2.34. The number of nitrogens with zero attached hydrogens (tertiary/aromatic N) is 1. The Morgan fingerprint density at radius 3 is 2.73 bits per heavy atom. The van der Waals surface area contributed by atoms with Crippen LogP contribution in [-0.2, 0) is 4.79 Å². The molecule has 0 unspecified atom stereocenters. The molecule has 0 radical (unpaired) electrons. The van der Waals surface area contributed by atoms with Crippen LogP contribution in [0.3, 0.4) is 0 Å². The molecule has 0 saturated heterocycles. The Bertz CT molecular complexity index is 684. The summed E-state index contributed by atoms with van der Waals surface area (Å²) in [6.07, 6.45) is 1.42. The number of phenolic OH excluding ortho intramolecular Hbond substituents is 1. The fourth-order valence-corrected chi connectivity index (χ4v) is 2.01. The zero-order valence-corrected chi connectivity index (χ0v) is 13.6. The van der Waals surface area contributed by atoms with Crippen LogP contribution in [0.4, 0.5) is 5.69 Å². The molecule has 2 aromatic carbocycles. The average Bonchev–Trinajstić information content (AvgIpc) is 2.50. The van der Waals surface area contributed by atoms with E-state index in [1.807, 2.05) is 31.2 Å². The molecular weight excluding hydrogens is 346 g/mol. The smallest absolute Gasteiger partial charge is 0.259 e. The van der Waals surface area contributed by atoms with Gasteiger partial charge in [-0.2, -0.15) is 5.10 Å². The Kier molecular flexibility index (Phi) is 5.55. The van der Waals surface area contributed by atoms with Gasteiger partial charge in [-0.25, -0.2) is 5.43 Å². The largest absolute Gasteiger partial charge is 0.507 e. The molecule has 114 valence electrons. The Balaban J connectivity index is 1.83. The molecule has 0 aliphatic rings. The van der Waals surface area contributed by atoms with Gasteiger partial charge in [0.25, 0.3) is 5.91 Å². The molecule has 0 fully saturated rings. The molecule has 0 atom stereocenters. The van der Waals surface area contributed by atoms with Crippen molar-refractivity contribution in [2.75, 3.05) is 11.9 Å². The van der Waals surface area contributed by atoms with Crippen LogP contribution in [0.25, 0.3) is 0 Å². The fraction of sp³-hybridized carbons (Fsp3) is 0.125. The number of halogens is 1. The van der Waals surface area contributed by atoms with E-state index >= 15 is 0 Å². The number of benzene rings is 2. The van der Waals surface area contributed by atoms with Crippen molar-refractivity contribution in [1.29, 1.82) is 0 Å². The number of anilines is 1. The predicted molar refractivity (Wildman–Crippen MR) is 91.2 cm³/mol. The first kappa shape index (κ1) is 16.0. The lowest BCUT2D eigenvalue weighted by Gasteiger charge is -2.05. The zero-order valence-electron chi connectivity index (χ0n) is 12.0. The first-order valence-corrected chi connectivity index (χ1v) is 7.45. The quantitative estimate of drug-likeness (QED) is 0.566. The average molecular weight is 362 g/mol. The van der Waals surface area contributed by atoms with Gasteiger partial charge < -0.3 is 10.4 Å². The minimum atomic E-state index is -0.272. The van der Waals surface area contributed by atoms with E-state index in [0.717, 1.165) is 15.7 Å². The van der Waals surface area contributed by atoms with E-state index in [2.05, 4.69) is 31.8 Å². The van der Waals surface area contributed by atoms with Gasteiger partial charge in [-0.3, -0.25) is 4.79 Å². The van der Waals surface area contributed by atoms with Crippen molar-refractivity contribution in [1.82, 2.24) is 5.43 Å². The van der Waals surface area contributed by atoms with Gasteiger partial charge in [0.15, 0.2) is 0 Å². The van der Waals surface area contributed by atoms with Crippen molar-refractivity contribution in [3.8, 4) is 5.75 Å². The van der Waals surface area contributed by atoms with Gasteiger partial charge in [-0.15, -0.1) is 0 Å². The van der Waals surface area contributed by atoms with E-state index in [4.69, 9.17) is 0 Å².